The van der Waals surface area contributed by atoms with Crippen LogP contribution in [-0.4, -0.2) is 46.7 Å². The molecule has 2 heterocycles. The van der Waals surface area contributed by atoms with Crippen molar-refractivity contribution in [2.45, 2.75) is 38.8 Å². The van der Waals surface area contributed by atoms with Crippen LogP contribution in [0, 0.1) is 0 Å². The molecule has 1 fully saturated rings. The standard InChI is InChI=1S/C13H24N4/c1-2-15-13-4-9-16(10-5-13)7-3-8-17-11-6-14-12-17/h6,11-13,15H,2-5,7-10H2,1H3. The fraction of sp³-hybridized carbons (Fsp3) is 0.769. The van der Waals surface area contributed by atoms with Gasteiger partial charge in [0.25, 0.3) is 0 Å². The molecule has 0 aromatic carbocycles. The normalized spacial score (nSPS) is 18.6. The van der Waals surface area contributed by atoms with Gasteiger partial charge in [0.2, 0.25) is 0 Å². The summed E-state index contributed by atoms with van der Waals surface area (Å²) >= 11 is 0. The van der Waals surface area contributed by atoms with E-state index in [-0.39, 0.29) is 0 Å². The Bertz CT molecular complexity index is 288. The second-order valence-corrected chi connectivity index (χ2v) is 4.83. The lowest BCUT2D eigenvalue weighted by molar-refractivity contribution is 0.194. The van der Waals surface area contributed by atoms with Gasteiger partial charge in [0.05, 0.1) is 6.33 Å². The number of hydrogen-bond acceptors (Lipinski definition) is 3. The quantitative estimate of drug-likeness (QED) is 0.809. The second-order valence-electron chi connectivity index (χ2n) is 4.83. The minimum atomic E-state index is 0.755. The van der Waals surface area contributed by atoms with Crippen LogP contribution in [-0.2, 0) is 6.54 Å². The number of imidazole rings is 1. The molecular formula is C13H24N4. The number of likely N-dealkylation sites (tertiary alicyclic amines) is 1. The first-order valence-corrected chi connectivity index (χ1v) is 6.80. The van der Waals surface area contributed by atoms with Crippen molar-refractivity contribution in [3.05, 3.63) is 18.7 Å². The maximum atomic E-state index is 4.06. The van der Waals surface area contributed by atoms with Gasteiger partial charge in [-0.3, -0.25) is 0 Å². The Morgan fingerprint density at radius 1 is 1.29 bits per heavy atom. The molecule has 0 unspecified atom stereocenters. The zero-order valence-electron chi connectivity index (χ0n) is 10.8. The highest BCUT2D eigenvalue weighted by Crippen LogP contribution is 2.10. The fourth-order valence-electron chi connectivity index (χ4n) is 2.55. The Labute approximate surface area is 104 Å². The maximum absolute atomic E-state index is 4.06. The average molecular weight is 236 g/mol. The van der Waals surface area contributed by atoms with E-state index in [2.05, 4.69) is 26.7 Å². The van der Waals surface area contributed by atoms with Crippen molar-refractivity contribution >= 4 is 0 Å². The van der Waals surface area contributed by atoms with Gasteiger partial charge in [0.1, 0.15) is 0 Å². The summed E-state index contributed by atoms with van der Waals surface area (Å²) in [7, 11) is 0. The highest BCUT2D eigenvalue weighted by Gasteiger charge is 2.17. The molecule has 0 atom stereocenters. The zero-order chi connectivity index (χ0) is 11.9. The first-order chi connectivity index (χ1) is 8.38. The summed E-state index contributed by atoms with van der Waals surface area (Å²) in [5.74, 6) is 0. The largest absolute Gasteiger partial charge is 0.337 e. The topological polar surface area (TPSA) is 33.1 Å². The third kappa shape index (κ3) is 4.13. The smallest absolute Gasteiger partial charge is 0.0945 e. The molecule has 1 aliphatic heterocycles. The lowest BCUT2D eigenvalue weighted by atomic mass is 10.1. The summed E-state index contributed by atoms with van der Waals surface area (Å²) in [4.78, 5) is 6.65. The van der Waals surface area contributed by atoms with Gasteiger partial charge < -0.3 is 14.8 Å². The van der Waals surface area contributed by atoms with Gasteiger partial charge in [-0.2, -0.15) is 0 Å². The van der Waals surface area contributed by atoms with E-state index < -0.39 is 0 Å². The molecule has 0 amide bonds. The van der Waals surface area contributed by atoms with E-state index in [0.29, 0.717) is 0 Å². The molecule has 2 rings (SSSR count). The molecule has 17 heavy (non-hydrogen) atoms. The third-order valence-electron chi connectivity index (χ3n) is 3.53. The first kappa shape index (κ1) is 12.6. The van der Waals surface area contributed by atoms with Crippen LogP contribution in [0.3, 0.4) is 0 Å². The Balaban J connectivity index is 1.58. The summed E-state index contributed by atoms with van der Waals surface area (Å²) in [6, 6.07) is 0.755. The SMILES string of the molecule is CCNC1CCN(CCCn2ccnc2)CC1. The van der Waals surface area contributed by atoms with Crippen LogP contribution in [0.1, 0.15) is 26.2 Å². The summed E-state index contributed by atoms with van der Waals surface area (Å²) in [5.41, 5.74) is 0. The number of nitrogens with one attached hydrogen (secondary N) is 1. The maximum Gasteiger partial charge on any atom is 0.0945 e. The molecule has 1 aliphatic rings. The molecule has 1 aromatic rings. The van der Waals surface area contributed by atoms with Crippen molar-refractivity contribution in [2.75, 3.05) is 26.2 Å². The molecule has 0 bridgehead atoms. The summed E-state index contributed by atoms with van der Waals surface area (Å²) < 4.78 is 2.16. The van der Waals surface area contributed by atoms with E-state index >= 15 is 0 Å². The van der Waals surface area contributed by atoms with Crippen LogP contribution < -0.4 is 5.32 Å². The summed E-state index contributed by atoms with van der Waals surface area (Å²) in [6.45, 7) is 8.11. The van der Waals surface area contributed by atoms with E-state index in [4.69, 9.17) is 0 Å². The van der Waals surface area contributed by atoms with Crippen LogP contribution in [0.2, 0.25) is 0 Å². The Kier molecular flexibility index (Phi) is 5.01. The molecule has 0 spiro atoms. The van der Waals surface area contributed by atoms with E-state index in [1.165, 1.54) is 38.9 Å². The van der Waals surface area contributed by atoms with Crippen LogP contribution in [0.15, 0.2) is 18.7 Å². The Morgan fingerprint density at radius 3 is 2.76 bits per heavy atom. The molecular weight excluding hydrogens is 212 g/mol. The lowest BCUT2D eigenvalue weighted by Gasteiger charge is -2.32. The third-order valence-corrected chi connectivity index (χ3v) is 3.53. The highest BCUT2D eigenvalue weighted by molar-refractivity contribution is 4.77. The van der Waals surface area contributed by atoms with E-state index in [0.717, 1.165) is 19.1 Å². The van der Waals surface area contributed by atoms with Gasteiger partial charge in [0.15, 0.2) is 0 Å². The molecule has 4 nitrogen and oxygen atoms in total. The molecule has 0 saturated carbocycles. The number of aromatic nitrogens is 2. The van der Waals surface area contributed by atoms with E-state index in [1.54, 1.807) is 0 Å². The number of nitrogens with zero attached hydrogens (tertiary/aromatic N) is 3. The second kappa shape index (κ2) is 6.77. The molecule has 1 aromatic heterocycles. The van der Waals surface area contributed by atoms with Crippen molar-refractivity contribution in [2.24, 2.45) is 0 Å². The number of rotatable bonds is 6. The van der Waals surface area contributed by atoms with E-state index in [9.17, 15) is 0 Å². The van der Waals surface area contributed by atoms with Crippen molar-refractivity contribution in [1.29, 1.82) is 0 Å². The zero-order valence-corrected chi connectivity index (χ0v) is 10.8. The van der Waals surface area contributed by atoms with Gasteiger partial charge in [0, 0.05) is 25.0 Å². The average Bonchev–Trinajstić information content (AvgIpc) is 2.85. The minimum absolute atomic E-state index is 0.755. The predicted octanol–water partition coefficient (Wildman–Crippen LogP) is 1.35. The van der Waals surface area contributed by atoms with Gasteiger partial charge in [-0.05, 0) is 45.4 Å². The summed E-state index contributed by atoms with van der Waals surface area (Å²) in [6.07, 6.45) is 9.62. The number of hydrogen-bond donors (Lipinski definition) is 1. The highest BCUT2D eigenvalue weighted by atomic mass is 15.1. The van der Waals surface area contributed by atoms with E-state index in [1.807, 2.05) is 18.7 Å². The van der Waals surface area contributed by atoms with Crippen molar-refractivity contribution in [1.82, 2.24) is 19.8 Å². The Hall–Kier alpha value is -0.870. The van der Waals surface area contributed by atoms with Crippen molar-refractivity contribution in [3.63, 3.8) is 0 Å². The molecule has 0 radical (unpaired) electrons. The van der Waals surface area contributed by atoms with Gasteiger partial charge in [-0.1, -0.05) is 6.92 Å². The number of piperidine rings is 1. The van der Waals surface area contributed by atoms with Crippen LogP contribution in [0.5, 0.6) is 0 Å². The monoisotopic (exact) mass is 236 g/mol. The van der Waals surface area contributed by atoms with Gasteiger partial charge in [-0.15, -0.1) is 0 Å². The molecule has 1 saturated heterocycles. The molecule has 1 N–H and O–H groups in total. The van der Waals surface area contributed by atoms with Crippen molar-refractivity contribution in [3.8, 4) is 0 Å². The molecule has 96 valence electrons. The van der Waals surface area contributed by atoms with Crippen LogP contribution in [0.4, 0.5) is 0 Å². The Morgan fingerprint density at radius 2 is 2.12 bits per heavy atom. The van der Waals surface area contributed by atoms with Crippen molar-refractivity contribution < 1.29 is 0 Å². The number of aryl methyl sites for hydroxylation is 1. The predicted molar refractivity (Wildman–Crippen MR) is 70.0 cm³/mol. The van der Waals surface area contributed by atoms with Crippen LogP contribution in [0.25, 0.3) is 0 Å². The first-order valence-electron chi connectivity index (χ1n) is 6.80. The molecule has 4 heteroatoms. The van der Waals surface area contributed by atoms with Gasteiger partial charge >= 0.3 is 0 Å². The van der Waals surface area contributed by atoms with Gasteiger partial charge in [-0.25, -0.2) is 4.98 Å². The lowest BCUT2D eigenvalue weighted by Crippen LogP contribution is -2.42. The molecule has 0 aliphatic carbocycles. The van der Waals surface area contributed by atoms with Crippen LogP contribution >= 0.6 is 0 Å². The summed E-state index contributed by atoms with van der Waals surface area (Å²) in [5, 5.41) is 3.54. The minimum Gasteiger partial charge on any atom is -0.337 e. The fourth-order valence-corrected chi connectivity index (χ4v) is 2.55.